The van der Waals surface area contributed by atoms with Crippen molar-refractivity contribution in [1.29, 1.82) is 0 Å². The number of nitrogens with zero attached hydrogens (tertiary/aromatic N) is 5. The summed E-state index contributed by atoms with van der Waals surface area (Å²) in [6, 6.07) is -0.0969. The molecule has 2 aliphatic rings. The van der Waals surface area contributed by atoms with Gasteiger partial charge in [-0.15, -0.1) is 21.5 Å². The maximum absolute atomic E-state index is 12.8. The summed E-state index contributed by atoms with van der Waals surface area (Å²) in [7, 11) is 0. The lowest BCUT2D eigenvalue weighted by atomic mass is 9.97. The molecular weight excluding hydrogens is 382 g/mol. The van der Waals surface area contributed by atoms with Gasteiger partial charge < -0.3 is 4.90 Å². The second-order valence-electron chi connectivity index (χ2n) is 7.26. The van der Waals surface area contributed by atoms with Gasteiger partial charge in [0.2, 0.25) is 5.91 Å². The highest BCUT2D eigenvalue weighted by molar-refractivity contribution is 7.99. The second-order valence-corrected chi connectivity index (χ2v) is 9.46. The van der Waals surface area contributed by atoms with E-state index in [0.29, 0.717) is 17.9 Å². The molecule has 1 atom stereocenters. The van der Waals surface area contributed by atoms with Crippen LogP contribution in [0.5, 0.6) is 0 Å². The fraction of sp³-hybridized carbons (Fsp3) is 0.611. The molecule has 27 heavy (non-hydrogen) atoms. The molecule has 0 aliphatic carbocycles. The van der Waals surface area contributed by atoms with Crippen molar-refractivity contribution in [2.24, 2.45) is 0 Å². The van der Waals surface area contributed by atoms with E-state index in [4.69, 9.17) is 0 Å². The van der Waals surface area contributed by atoms with Gasteiger partial charge in [-0.1, -0.05) is 11.8 Å². The minimum Gasteiger partial charge on any atom is -0.343 e. The normalized spacial score (nSPS) is 20.1. The summed E-state index contributed by atoms with van der Waals surface area (Å²) in [5.41, 5.74) is 1.44. The quantitative estimate of drug-likeness (QED) is 0.730. The van der Waals surface area contributed by atoms with Crippen LogP contribution in [0.1, 0.15) is 52.5 Å². The third-order valence-electron chi connectivity index (χ3n) is 5.47. The van der Waals surface area contributed by atoms with E-state index >= 15 is 0 Å². The van der Waals surface area contributed by atoms with Gasteiger partial charge in [-0.05, 0) is 33.6 Å². The lowest BCUT2D eigenvalue weighted by molar-refractivity contribution is -0.133. The lowest BCUT2D eigenvalue weighted by Gasteiger charge is -2.31. The molecule has 0 saturated carbocycles. The molecule has 2 aromatic rings. The minimum atomic E-state index is -0.0969. The van der Waals surface area contributed by atoms with Crippen LogP contribution in [0.4, 0.5) is 0 Å². The zero-order valence-electron chi connectivity index (χ0n) is 15.8. The molecular formula is C18H23N5O2S2. The van der Waals surface area contributed by atoms with E-state index < -0.39 is 0 Å². The first-order valence-corrected chi connectivity index (χ1v) is 11.0. The minimum absolute atomic E-state index is 0.00866. The fourth-order valence-corrected chi connectivity index (χ4v) is 5.76. The van der Waals surface area contributed by atoms with Gasteiger partial charge in [-0.3, -0.25) is 14.2 Å². The van der Waals surface area contributed by atoms with Gasteiger partial charge >= 0.3 is 0 Å². The van der Waals surface area contributed by atoms with E-state index in [1.165, 1.54) is 0 Å². The number of likely N-dealkylation sites (tertiary alicyclic amines) is 1. The van der Waals surface area contributed by atoms with Crippen LogP contribution in [-0.4, -0.2) is 49.4 Å². The lowest BCUT2D eigenvalue weighted by Crippen LogP contribution is -2.39. The van der Waals surface area contributed by atoms with Gasteiger partial charge in [0.15, 0.2) is 5.16 Å². The zero-order valence-corrected chi connectivity index (χ0v) is 17.4. The predicted octanol–water partition coefficient (Wildman–Crippen LogP) is 2.46. The Balaban J connectivity index is 1.40. The summed E-state index contributed by atoms with van der Waals surface area (Å²) in [6.45, 7) is 7.13. The molecule has 0 radical (unpaired) electrons. The average Bonchev–Trinajstić information content (AvgIpc) is 3.26. The van der Waals surface area contributed by atoms with E-state index in [9.17, 15) is 9.59 Å². The van der Waals surface area contributed by atoms with Crippen LogP contribution >= 0.6 is 23.1 Å². The average molecular weight is 406 g/mol. The van der Waals surface area contributed by atoms with Gasteiger partial charge in [-0.25, -0.2) is 4.98 Å². The topological polar surface area (TPSA) is 81.0 Å². The van der Waals surface area contributed by atoms with Gasteiger partial charge in [0.1, 0.15) is 10.0 Å². The van der Waals surface area contributed by atoms with Crippen molar-refractivity contribution < 1.29 is 4.79 Å². The van der Waals surface area contributed by atoms with Crippen LogP contribution in [0, 0.1) is 20.8 Å². The number of carbonyl (C=O) groups is 1. The first-order valence-electron chi connectivity index (χ1n) is 9.24. The smallest absolute Gasteiger partial charge is 0.257 e. The maximum atomic E-state index is 12.8. The molecule has 0 bridgehead atoms. The molecule has 7 nitrogen and oxygen atoms in total. The summed E-state index contributed by atoms with van der Waals surface area (Å²) in [6.07, 6.45) is 2.22. The molecule has 0 N–H and O–H groups in total. The summed E-state index contributed by atoms with van der Waals surface area (Å²) in [5.74, 6) is 1.27. The Morgan fingerprint density at radius 3 is 2.59 bits per heavy atom. The molecule has 4 rings (SSSR count). The Bertz CT molecular complexity index is 930. The summed E-state index contributed by atoms with van der Waals surface area (Å²) in [5, 5.41) is 11.2. The molecule has 0 spiro atoms. The molecule has 2 aliphatic heterocycles. The van der Waals surface area contributed by atoms with Crippen molar-refractivity contribution in [3.05, 3.63) is 31.6 Å². The molecule has 4 heterocycles. The Morgan fingerprint density at radius 2 is 1.93 bits per heavy atom. The Hall–Kier alpha value is -1.74. The van der Waals surface area contributed by atoms with Crippen molar-refractivity contribution in [1.82, 2.24) is 24.6 Å². The predicted molar refractivity (Wildman–Crippen MR) is 106 cm³/mol. The molecule has 0 unspecified atom stereocenters. The monoisotopic (exact) mass is 405 g/mol. The highest BCUT2D eigenvalue weighted by Crippen LogP contribution is 2.34. The van der Waals surface area contributed by atoms with E-state index in [0.717, 1.165) is 52.5 Å². The Morgan fingerprint density at radius 1 is 1.19 bits per heavy atom. The summed E-state index contributed by atoms with van der Waals surface area (Å²) in [4.78, 5) is 31.9. The van der Waals surface area contributed by atoms with Gasteiger partial charge in [0, 0.05) is 42.4 Å². The van der Waals surface area contributed by atoms with E-state index in [1.54, 1.807) is 34.6 Å². The van der Waals surface area contributed by atoms with Crippen molar-refractivity contribution in [3.63, 3.8) is 0 Å². The number of aromatic nitrogens is 4. The molecule has 0 aromatic carbocycles. The first kappa shape index (κ1) is 18.6. The molecule has 9 heteroatoms. The Labute approximate surface area is 166 Å². The molecule has 1 fully saturated rings. The van der Waals surface area contributed by atoms with Crippen LogP contribution in [-0.2, 0) is 4.79 Å². The van der Waals surface area contributed by atoms with E-state index in [-0.39, 0.29) is 17.5 Å². The highest BCUT2D eigenvalue weighted by Gasteiger charge is 2.32. The van der Waals surface area contributed by atoms with Crippen LogP contribution in [0.15, 0.2) is 9.95 Å². The highest BCUT2D eigenvalue weighted by atomic mass is 32.2. The van der Waals surface area contributed by atoms with Gasteiger partial charge in [-0.2, -0.15) is 0 Å². The number of amides is 1. The number of fused-ring (bicyclic) bond motifs is 1. The summed E-state index contributed by atoms with van der Waals surface area (Å²) < 4.78 is 1.72. The molecule has 144 valence electrons. The Kier molecular flexibility index (Phi) is 5.07. The van der Waals surface area contributed by atoms with Gasteiger partial charge in [0.05, 0.1) is 6.04 Å². The second kappa shape index (κ2) is 7.35. The van der Waals surface area contributed by atoms with Crippen LogP contribution < -0.4 is 5.56 Å². The zero-order chi connectivity index (χ0) is 19.1. The number of piperidine rings is 1. The van der Waals surface area contributed by atoms with E-state index in [1.807, 2.05) is 18.7 Å². The largest absolute Gasteiger partial charge is 0.343 e. The number of hydrogen-bond donors (Lipinski definition) is 0. The number of aryl methyl sites for hydroxylation is 2. The SMILES string of the molecule is Cc1nnc(C2CCN(C(=O)C[C@H]3CSc4nc(C)c(C)c(=O)n43)CC2)s1. The van der Waals surface area contributed by atoms with E-state index in [2.05, 4.69) is 15.2 Å². The molecule has 2 aromatic heterocycles. The third-order valence-corrected chi connectivity index (χ3v) is 7.57. The van der Waals surface area contributed by atoms with Gasteiger partial charge in [0.25, 0.3) is 5.56 Å². The van der Waals surface area contributed by atoms with Crippen LogP contribution in [0.3, 0.4) is 0 Å². The van der Waals surface area contributed by atoms with Crippen molar-refractivity contribution >= 4 is 29.0 Å². The standard InChI is InChI=1S/C18H23N5O2S2/c1-10-11(2)19-18-23(17(10)25)14(9-26-18)8-15(24)22-6-4-13(5-7-22)16-21-20-12(3)27-16/h13-14H,4-9H2,1-3H3/t14-/m0/s1. The van der Waals surface area contributed by atoms with Crippen molar-refractivity contribution in [3.8, 4) is 0 Å². The van der Waals surface area contributed by atoms with Crippen molar-refractivity contribution in [2.75, 3.05) is 18.8 Å². The number of carbonyl (C=O) groups excluding carboxylic acids is 1. The fourth-order valence-electron chi connectivity index (χ4n) is 3.71. The van der Waals surface area contributed by atoms with Crippen LogP contribution in [0.25, 0.3) is 0 Å². The first-order chi connectivity index (χ1) is 12.9. The van der Waals surface area contributed by atoms with Crippen LogP contribution in [0.2, 0.25) is 0 Å². The molecule has 1 saturated heterocycles. The third kappa shape index (κ3) is 3.54. The maximum Gasteiger partial charge on any atom is 0.257 e. The van der Waals surface area contributed by atoms with Crippen molar-refractivity contribution in [2.45, 2.75) is 57.1 Å². The number of thioether (sulfide) groups is 1. The number of hydrogen-bond acceptors (Lipinski definition) is 7. The number of rotatable bonds is 3. The molecule has 1 amide bonds. The summed E-state index contributed by atoms with van der Waals surface area (Å²) >= 11 is 3.22.